The number of hydrogen-bond acceptors (Lipinski definition) is 12. The van der Waals surface area contributed by atoms with Crippen LogP contribution in [0.25, 0.3) is 33.7 Å². The Hall–Kier alpha value is -6.76. The van der Waals surface area contributed by atoms with Gasteiger partial charge in [0.1, 0.15) is 17.4 Å². The van der Waals surface area contributed by atoms with Crippen molar-refractivity contribution in [1.29, 1.82) is 0 Å². The molecular weight excluding hydrogens is 690 g/mol. The first-order valence-electron chi connectivity index (χ1n) is 17.0. The minimum Gasteiger partial charge on any atom is -0.530 e. The summed E-state index contributed by atoms with van der Waals surface area (Å²) in [5.41, 5.74) is 4.84. The van der Waals surface area contributed by atoms with Crippen molar-refractivity contribution in [2.75, 3.05) is 59.4 Å². The van der Waals surface area contributed by atoms with E-state index in [9.17, 15) is 9.90 Å². The van der Waals surface area contributed by atoms with Crippen LogP contribution in [0.5, 0.6) is 34.5 Å². The second-order valence-corrected chi connectivity index (χ2v) is 11.9. The van der Waals surface area contributed by atoms with Gasteiger partial charge in [-0.1, -0.05) is 60.7 Å². The highest BCUT2D eigenvalue weighted by Crippen LogP contribution is 2.46. The normalized spacial score (nSPS) is 10.9. The van der Waals surface area contributed by atoms with E-state index in [1.54, 1.807) is 37.3 Å². The average molecular weight is 731 g/mol. The third kappa shape index (κ3) is 7.16. The lowest BCUT2D eigenvalue weighted by Crippen LogP contribution is -2.41. The number of fused-ring (bicyclic) bond motifs is 1. The predicted octanol–water partition coefficient (Wildman–Crippen LogP) is 6.78. The van der Waals surface area contributed by atoms with E-state index < -0.39 is 6.09 Å². The van der Waals surface area contributed by atoms with Crippen molar-refractivity contribution >= 4 is 28.8 Å². The summed E-state index contributed by atoms with van der Waals surface area (Å²) in [5, 5.41) is 16.0. The summed E-state index contributed by atoms with van der Waals surface area (Å²) in [7, 11) is 9.16. The smallest absolute Gasteiger partial charge is 0.203 e. The number of carbonyl (C=O) groups is 1. The van der Waals surface area contributed by atoms with Crippen LogP contribution < -0.4 is 43.7 Å². The second-order valence-electron chi connectivity index (χ2n) is 11.9. The lowest BCUT2D eigenvalue weighted by Gasteiger charge is -2.26. The number of nitrogens with zero attached hydrogens (tertiary/aromatic N) is 4. The highest BCUT2D eigenvalue weighted by molar-refractivity contribution is 5.95. The summed E-state index contributed by atoms with van der Waals surface area (Å²) in [6.07, 6.45) is -1.41. The van der Waals surface area contributed by atoms with Crippen molar-refractivity contribution in [1.82, 2.24) is 15.0 Å². The Kier molecular flexibility index (Phi) is 11.2. The molecule has 0 saturated carbocycles. The van der Waals surface area contributed by atoms with Crippen molar-refractivity contribution in [2.45, 2.75) is 13.0 Å². The van der Waals surface area contributed by atoms with Crippen LogP contribution in [0.15, 0.2) is 91.0 Å². The number of benzene rings is 4. The van der Waals surface area contributed by atoms with Gasteiger partial charge in [-0.05, 0) is 42.3 Å². The maximum Gasteiger partial charge on any atom is 0.203 e. The zero-order valence-electron chi connectivity index (χ0n) is 31.0. The number of anilines is 2. The first-order chi connectivity index (χ1) is 26.3. The molecule has 54 heavy (non-hydrogen) atoms. The van der Waals surface area contributed by atoms with E-state index in [2.05, 4.69) is 5.32 Å². The van der Waals surface area contributed by atoms with Gasteiger partial charge in [-0.3, -0.25) is 0 Å². The first-order valence-corrected chi connectivity index (χ1v) is 17.0. The van der Waals surface area contributed by atoms with Gasteiger partial charge in [-0.25, -0.2) is 15.0 Å². The maximum absolute atomic E-state index is 12.4. The van der Waals surface area contributed by atoms with Gasteiger partial charge >= 0.3 is 0 Å². The van der Waals surface area contributed by atoms with Crippen LogP contribution in [-0.2, 0) is 0 Å². The molecule has 6 rings (SSSR count). The van der Waals surface area contributed by atoms with Crippen LogP contribution in [-0.4, -0.2) is 70.2 Å². The topological polar surface area (TPSA) is 149 Å². The quantitative estimate of drug-likeness (QED) is 0.126. The summed E-state index contributed by atoms with van der Waals surface area (Å²) < 4.78 is 34.1. The number of nitrogens with one attached hydrogen (secondary N) is 1. The van der Waals surface area contributed by atoms with Gasteiger partial charge in [0.2, 0.25) is 11.5 Å². The molecular formula is C41H40N5O8-. The van der Waals surface area contributed by atoms with Gasteiger partial charge in [0.25, 0.3) is 0 Å². The van der Waals surface area contributed by atoms with Crippen molar-refractivity contribution in [3.8, 4) is 57.0 Å². The van der Waals surface area contributed by atoms with Crippen molar-refractivity contribution in [3.05, 3.63) is 102 Å². The molecule has 13 nitrogen and oxygen atoms in total. The number of carboxylic acid groups (broad SMARTS) is 1. The Bertz CT molecular complexity index is 2180. The third-order valence-electron chi connectivity index (χ3n) is 8.88. The molecule has 0 radical (unpaired) electrons. The van der Waals surface area contributed by atoms with E-state index in [1.807, 2.05) is 60.7 Å². The zero-order valence-corrected chi connectivity index (χ0v) is 31.0. The van der Waals surface area contributed by atoms with Gasteiger partial charge in [-0.15, -0.1) is 0 Å². The average Bonchev–Trinajstić information content (AvgIpc) is 3.21. The predicted molar refractivity (Wildman–Crippen MR) is 204 cm³/mol. The number of ether oxygens (including phenoxy) is 6. The number of aromatic nitrogens is 3. The molecule has 0 aliphatic carbocycles. The second kappa shape index (κ2) is 16.3. The van der Waals surface area contributed by atoms with E-state index in [0.717, 1.165) is 16.0 Å². The lowest BCUT2D eigenvalue weighted by molar-refractivity contribution is -0.246. The number of hydrogen-bond donors (Lipinski definition) is 1. The maximum atomic E-state index is 12.4. The fourth-order valence-electron chi connectivity index (χ4n) is 6.30. The summed E-state index contributed by atoms with van der Waals surface area (Å²) in [6.45, 7) is 1.78. The van der Waals surface area contributed by atoms with Crippen molar-refractivity contribution in [2.24, 2.45) is 0 Å². The van der Waals surface area contributed by atoms with E-state index in [0.29, 0.717) is 68.2 Å². The Labute approximate surface area is 313 Å². The van der Waals surface area contributed by atoms with E-state index in [-0.39, 0.29) is 24.1 Å². The molecule has 2 heterocycles. The Morgan fingerprint density at radius 3 is 1.48 bits per heavy atom. The number of rotatable bonds is 14. The lowest BCUT2D eigenvalue weighted by atomic mass is 9.98. The molecule has 13 heteroatoms. The van der Waals surface area contributed by atoms with Crippen LogP contribution in [0.1, 0.15) is 24.1 Å². The van der Waals surface area contributed by atoms with Crippen LogP contribution in [0.3, 0.4) is 0 Å². The Morgan fingerprint density at radius 2 is 1.09 bits per heavy atom. The molecule has 0 bridgehead atoms. The van der Waals surface area contributed by atoms with Crippen LogP contribution in [0, 0.1) is 0 Å². The molecule has 0 spiro atoms. The molecule has 0 saturated heterocycles. The molecule has 2 aromatic heterocycles. The van der Waals surface area contributed by atoms with Crippen molar-refractivity contribution < 1.29 is 38.3 Å². The molecule has 0 atom stereocenters. The van der Waals surface area contributed by atoms with Gasteiger partial charge < -0.3 is 48.5 Å². The Morgan fingerprint density at radius 1 is 0.648 bits per heavy atom. The molecule has 0 fully saturated rings. The fourth-order valence-corrected chi connectivity index (χ4v) is 6.30. The standard InChI is InChI=1S/C41H41N5O8/c1-8-46(41(47)48)33-23-28(42-34(24-15-11-9-12-16-24)25-17-13-10-14-18-25)37-40(43-33)45-36(27-21-31(51-4)39(54-7)32(22-27)52-5)35(44-37)26-19-29(49-2)38(53-6)30(20-26)50-3/h9-23,34H,8H2,1-7H3,(H,47,48)(H,42,43,45)/p-1. The third-order valence-corrected chi connectivity index (χ3v) is 8.88. The highest BCUT2D eigenvalue weighted by Gasteiger charge is 2.25. The molecule has 0 aliphatic rings. The van der Waals surface area contributed by atoms with Gasteiger partial charge in [0.05, 0.1) is 65.8 Å². The molecule has 0 unspecified atom stereocenters. The monoisotopic (exact) mass is 730 g/mol. The highest BCUT2D eigenvalue weighted by atomic mass is 16.5. The van der Waals surface area contributed by atoms with Gasteiger partial charge in [-0.2, -0.15) is 0 Å². The molecule has 1 N–H and O–H groups in total. The van der Waals surface area contributed by atoms with Crippen molar-refractivity contribution in [3.63, 3.8) is 0 Å². The fraction of sp³-hybridized carbons (Fsp3) is 0.220. The number of methoxy groups -OCH3 is 6. The Balaban J connectivity index is 1.72. The SMILES string of the molecule is CCN(C(=O)[O-])c1cc(NC(c2ccccc2)c2ccccc2)c2nc(-c3cc(OC)c(OC)c(OC)c3)c(-c3cc(OC)c(OC)c(OC)c3)nc2n1. The molecule has 4 aromatic carbocycles. The zero-order chi connectivity index (χ0) is 38.4. The minimum atomic E-state index is -1.41. The van der Waals surface area contributed by atoms with Crippen LogP contribution >= 0.6 is 0 Å². The van der Waals surface area contributed by atoms with E-state index in [4.69, 9.17) is 43.4 Å². The molecule has 0 aliphatic heterocycles. The number of carbonyl (C=O) groups excluding carboxylic acids is 1. The van der Waals surface area contributed by atoms with E-state index >= 15 is 0 Å². The molecule has 278 valence electrons. The number of pyridine rings is 1. The summed E-state index contributed by atoms with van der Waals surface area (Å²) >= 11 is 0. The van der Waals surface area contributed by atoms with E-state index in [1.165, 1.54) is 42.7 Å². The first kappa shape index (κ1) is 37.0. The van der Waals surface area contributed by atoms with Crippen LogP contribution in [0.2, 0.25) is 0 Å². The molecule has 6 aromatic rings. The number of amides is 1. The van der Waals surface area contributed by atoms with Gasteiger partial charge in [0.15, 0.2) is 28.6 Å². The summed E-state index contributed by atoms with van der Waals surface area (Å²) in [4.78, 5) is 28.6. The van der Waals surface area contributed by atoms with Crippen LogP contribution in [0.4, 0.5) is 16.3 Å². The largest absolute Gasteiger partial charge is 0.530 e. The minimum absolute atomic E-state index is 0.0811. The molecule has 1 amide bonds. The van der Waals surface area contributed by atoms with Gasteiger partial charge in [0, 0.05) is 23.7 Å². The summed E-state index contributed by atoms with van der Waals surface area (Å²) in [5.74, 6) is 2.47. The summed E-state index contributed by atoms with van der Waals surface area (Å²) in [6, 6.07) is 28.2.